The first kappa shape index (κ1) is 16.3. The van der Waals surface area contributed by atoms with Crippen molar-refractivity contribution in [2.75, 3.05) is 7.11 Å². The summed E-state index contributed by atoms with van der Waals surface area (Å²) in [4.78, 5) is 21.8. The zero-order valence-corrected chi connectivity index (χ0v) is 14.7. The molecule has 130 valence electrons. The molecule has 0 aliphatic rings. The van der Waals surface area contributed by atoms with E-state index in [4.69, 9.17) is 4.74 Å². The van der Waals surface area contributed by atoms with Crippen LogP contribution in [-0.4, -0.2) is 31.8 Å². The van der Waals surface area contributed by atoms with Crippen molar-refractivity contribution in [1.29, 1.82) is 0 Å². The standard InChI is InChI=1S/C18H15N5O2S/c1-25-15-9-5-2-6-12(15)10-26-18-21-14-8-4-3-7-13(14)16(24)23(18)17-19-11-20-22-17/h2-9,11H,10H2,1H3,(H,19,20,22). The van der Waals surface area contributed by atoms with Crippen molar-refractivity contribution in [3.05, 3.63) is 70.8 Å². The van der Waals surface area contributed by atoms with Gasteiger partial charge in [-0.2, -0.15) is 10.1 Å². The first-order valence-corrected chi connectivity index (χ1v) is 8.88. The van der Waals surface area contributed by atoms with Gasteiger partial charge >= 0.3 is 0 Å². The van der Waals surface area contributed by atoms with Crippen molar-refractivity contribution in [2.45, 2.75) is 10.9 Å². The average Bonchev–Trinajstić information content (AvgIpc) is 3.21. The van der Waals surface area contributed by atoms with Gasteiger partial charge in [-0.3, -0.25) is 4.79 Å². The Labute approximate surface area is 153 Å². The molecule has 4 aromatic rings. The average molecular weight is 365 g/mol. The molecule has 0 saturated carbocycles. The minimum Gasteiger partial charge on any atom is -0.496 e. The summed E-state index contributed by atoms with van der Waals surface area (Å²) in [7, 11) is 1.64. The number of benzene rings is 2. The van der Waals surface area contributed by atoms with Gasteiger partial charge in [-0.05, 0) is 18.2 Å². The molecule has 0 amide bonds. The molecule has 1 N–H and O–H groups in total. The number of nitrogens with one attached hydrogen (secondary N) is 1. The molecule has 2 heterocycles. The van der Waals surface area contributed by atoms with Crippen LogP contribution in [0.1, 0.15) is 5.56 Å². The van der Waals surface area contributed by atoms with E-state index in [1.807, 2.05) is 42.5 Å². The molecule has 0 radical (unpaired) electrons. The van der Waals surface area contributed by atoms with Gasteiger partial charge in [0.15, 0.2) is 5.16 Å². The molecule has 0 atom stereocenters. The van der Waals surface area contributed by atoms with Crippen molar-refractivity contribution >= 4 is 22.7 Å². The summed E-state index contributed by atoms with van der Waals surface area (Å²) < 4.78 is 6.85. The monoisotopic (exact) mass is 365 g/mol. The Kier molecular flexibility index (Phi) is 4.40. The van der Waals surface area contributed by atoms with Crippen molar-refractivity contribution in [3.63, 3.8) is 0 Å². The maximum atomic E-state index is 13.0. The summed E-state index contributed by atoms with van der Waals surface area (Å²) in [5, 5.41) is 7.67. The predicted octanol–water partition coefficient (Wildman–Crippen LogP) is 2.80. The van der Waals surface area contributed by atoms with Crippen LogP contribution in [0.5, 0.6) is 5.75 Å². The molecule has 0 fully saturated rings. The lowest BCUT2D eigenvalue weighted by molar-refractivity contribution is 0.411. The Morgan fingerprint density at radius 3 is 2.77 bits per heavy atom. The van der Waals surface area contributed by atoms with Gasteiger partial charge in [-0.25, -0.2) is 14.6 Å². The highest BCUT2D eigenvalue weighted by Gasteiger charge is 2.15. The van der Waals surface area contributed by atoms with Gasteiger partial charge in [0.1, 0.15) is 12.1 Å². The molecule has 8 heteroatoms. The summed E-state index contributed by atoms with van der Waals surface area (Å²) >= 11 is 1.44. The van der Waals surface area contributed by atoms with E-state index in [9.17, 15) is 4.79 Å². The van der Waals surface area contributed by atoms with Gasteiger partial charge in [0.2, 0.25) is 5.95 Å². The normalized spacial score (nSPS) is 11.0. The van der Waals surface area contributed by atoms with E-state index in [2.05, 4.69) is 20.2 Å². The summed E-state index contributed by atoms with van der Waals surface area (Å²) in [6.07, 6.45) is 1.37. The van der Waals surface area contributed by atoms with Gasteiger partial charge < -0.3 is 4.74 Å². The third-order valence-electron chi connectivity index (χ3n) is 3.91. The molecular formula is C18H15N5O2S. The molecule has 0 aliphatic heterocycles. The quantitative estimate of drug-likeness (QED) is 0.432. The number of ether oxygens (including phenoxy) is 1. The lowest BCUT2D eigenvalue weighted by Crippen LogP contribution is -2.22. The maximum absolute atomic E-state index is 13.0. The van der Waals surface area contributed by atoms with Crippen LogP contribution in [0.3, 0.4) is 0 Å². The fourth-order valence-corrected chi connectivity index (χ4v) is 3.65. The number of fused-ring (bicyclic) bond motifs is 1. The van der Waals surface area contributed by atoms with Crippen LogP contribution in [0.4, 0.5) is 0 Å². The molecule has 0 bridgehead atoms. The van der Waals surface area contributed by atoms with Crippen LogP contribution in [-0.2, 0) is 5.75 Å². The third kappa shape index (κ3) is 2.95. The van der Waals surface area contributed by atoms with E-state index in [0.29, 0.717) is 27.8 Å². The van der Waals surface area contributed by atoms with Gasteiger partial charge in [-0.15, -0.1) is 0 Å². The minimum atomic E-state index is -0.185. The molecule has 26 heavy (non-hydrogen) atoms. The van der Waals surface area contributed by atoms with E-state index >= 15 is 0 Å². The summed E-state index contributed by atoms with van der Waals surface area (Å²) in [6.45, 7) is 0. The van der Waals surface area contributed by atoms with Gasteiger partial charge in [-0.1, -0.05) is 42.1 Å². The van der Waals surface area contributed by atoms with Crippen molar-refractivity contribution in [1.82, 2.24) is 24.7 Å². The van der Waals surface area contributed by atoms with E-state index in [0.717, 1.165) is 11.3 Å². The molecule has 7 nitrogen and oxygen atoms in total. The first-order valence-electron chi connectivity index (χ1n) is 7.90. The van der Waals surface area contributed by atoms with Crippen LogP contribution in [0, 0.1) is 0 Å². The lowest BCUT2D eigenvalue weighted by Gasteiger charge is -2.11. The Morgan fingerprint density at radius 2 is 1.96 bits per heavy atom. The summed E-state index contributed by atoms with van der Waals surface area (Å²) in [6, 6.07) is 15.0. The van der Waals surface area contributed by atoms with Crippen molar-refractivity contribution in [2.24, 2.45) is 0 Å². The summed E-state index contributed by atoms with van der Waals surface area (Å²) in [5.74, 6) is 1.74. The second-order valence-electron chi connectivity index (χ2n) is 5.46. The van der Waals surface area contributed by atoms with E-state index in [-0.39, 0.29) is 5.56 Å². The minimum absolute atomic E-state index is 0.185. The SMILES string of the molecule is COc1ccccc1CSc1nc2ccccc2c(=O)n1-c1ncn[nH]1. The van der Waals surface area contributed by atoms with Gasteiger partial charge in [0, 0.05) is 11.3 Å². The number of nitrogens with zero attached hydrogens (tertiary/aromatic N) is 4. The molecule has 2 aromatic heterocycles. The predicted molar refractivity (Wildman–Crippen MR) is 99.8 cm³/mol. The number of thioether (sulfide) groups is 1. The van der Waals surface area contributed by atoms with Crippen molar-refractivity contribution < 1.29 is 4.74 Å². The number of hydrogen-bond acceptors (Lipinski definition) is 6. The Balaban J connectivity index is 1.81. The van der Waals surface area contributed by atoms with Gasteiger partial charge in [0.05, 0.1) is 18.0 Å². The van der Waals surface area contributed by atoms with Crippen LogP contribution in [0.25, 0.3) is 16.9 Å². The second kappa shape index (κ2) is 7.01. The molecule has 0 saturated heterocycles. The molecule has 0 spiro atoms. The lowest BCUT2D eigenvalue weighted by atomic mass is 10.2. The number of H-pyrrole nitrogens is 1. The van der Waals surface area contributed by atoms with E-state index in [1.165, 1.54) is 22.7 Å². The number of methoxy groups -OCH3 is 1. The topological polar surface area (TPSA) is 85.7 Å². The molecule has 0 aliphatic carbocycles. The number of aromatic nitrogens is 5. The molecule has 2 aromatic carbocycles. The fraction of sp³-hybridized carbons (Fsp3) is 0.111. The Morgan fingerprint density at radius 1 is 1.15 bits per heavy atom. The molecule has 0 unspecified atom stereocenters. The largest absolute Gasteiger partial charge is 0.496 e. The van der Waals surface area contributed by atoms with Crippen LogP contribution < -0.4 is 10.3 Å². The smallest absolute Gasteiger partial charge is 0.269 e. The van der Waals surface area contributed by atoms with E-state index < -0.39 is 0 Å². The highest BCUT2D eigenvalue weighted by Crippen LogP contribution is 2.27. The second-order valence-corrected chi connectivity index (χ2v) is 6.40. The highest BCUT2D eigenvalue weighted by molar-refractivity contribution is 7.98. The maximum Gasteiger partial charge on any atom is 0.269 e. The molecule has 4 rings (SSSR count). The fourth-order valence-electron chi connectivity index (χ4n) is 2.67. The Bertz CT molecular complexity index is 1110. The number of para-hydroxylation sites is 2. The number of rotatable bonds is 5. The number of aromatic amines is 1. The van der Waals surface area contributed by atoms with Crippen LogP contribution in [0.2, 0.25) is 0 Å². The van der Waals surface area contributed by atoms with Gasteiger partial charge in [0.25, 0.3) is 5.56 Å². The number of hydrogen-bond donors (Lipinski definition) is 1. The zero-order valence-electron chi connectivity index (χ0n) is 13.9. The van der Waals surface area contributed by atoms with Crippen molar-refractivity contribution in [3.8, 4) is 11.7 Å². The zero-order chi connectivity index (χ0) is 17.9. The first-order chi connectivity index (χ1) is 12.8. The van der Waals surface area contributed by atoms with Crippen LogP contribution in [0.15, 0.2) is 64.8 Å². The molecular weight excluding hydrogens is 350 g/mol. The third-order valence-corrected chi connectivity index (χ3v) is 4.90. The Hall–Kier alpha value is -3.13. The summed E-state index contributed by atoms with van der Waals surface area (Å²) in [5.41, 5.74) is 1.48. The van der Waals surface area contributed by atoms with E-state index in [1.54, 1.807) is 13.2 Å². The highest BCUT2D eigenvalue weighted by atomic mass is 32.2. The van der Waals surface area contributed by atoms with Crippen LogP contribution >= 0.6 is 11.8 Å².